The van der Waals surface area contributed by atoms with Crippen LogP contribution in [0.15, 0.2) is 29.8 Å². The van der Waals surface area contributed by atoms with Crippen molar-refractivity contribution >= 4 is 11.6 Å². The highest BCUT2D eigenvalue weighted by Gasteiger charge is 2.16. The Morgan fingerprint density at radius 1 is 1.33 bits per heavy atom. The van der Waals surface area contributed by atoms with Crippen LogP contribution in [0.5, 0.6) is 0 Å². The predicted octanol–water partition coefficient (Wildman–Crippen LogP) is 3.79. The SMILES string of the molecule is Cc1cc(Cl)cc(C(O)C2=CCCC2)c1. The van der Waals surface area contributed by atoms with Crippen molar-refractivity contribution in [3.05, 3.63) is 46.0 Å². The Morgan fingerprint density at radius 3 is 2.73 bits per heavy atom. The summed E-state index contributed by atoms with van der Waals surface area (Å²) in [7, 11) is 0. The molecule has 1 aromatic carbocycles. The van der Waals surface area contributed by atoms with Crippen molar-refractivity contribution in [1.82, 2.24) is 0 Å². The van der Waals surface area contributed by atoms with E-state index in [2.05, 4.69) is 6.08 Å². The molecule has 1 aliphatic carbocycles. The van der Waals surface area contributed by atoms with Crippen LogP contribution < -0.4 is 0 Å². The van der Waals surface area contributed by atoms with Crippen molar-refractivity contribution in [2.24, 2.45) is 0 Å². The fourth-order valence-corrected chi connectivity index (χ4v) is 2.38. The molecule has 0 radical (unpaired) electrons. The van der Waals surface area contributed by atoms with Gasteiger partial charge in [0.05, 0.1) is 0 Å². The van der Waals surface area contributed by atoms with Gasteiger partial charge in [0.1, 0.15) is 6.10 Å². The number of hydrogen-bond donors (Lipinski definition) is 1. The molecule has 1 atom stereocenters. The second kappa shape index (κ2) is 4.38. The zero-order valence-electron chi connectivity index (χ0n) is 8.83. The van der Waals surface area contributed by atoms with Gasteiger partial charge in [0.15, 0.2) is 0 Å². The molecule has 15 heavy (non-hydrogen) atoms. The first-order valence-electron chi connectivity index (χ1n) is 5.31. The fraction of sp³-hybridized carbons (Fsp3) is 0.385. The first-order chi connectivity index (χ1) is 7.16. The van der Waals surface area contributed by atoms with Crippen LogP contribution in [0.25, 0.3) is 0 Å². The molecule has 0 bridgehead atoms. The van der Waals surface area contributed by atoms with Crippen LogP contribution in [-0.4, -0.2) is 5.11 Å². The average molecular weight is 223 g/mol. The first kappa shape index (κ1) is 10.7. The van der Waals surface area contributed by atoms with Gasteiger partial charge >= 0.3 is 0 Å². The van der Waals surface area contributed by atoms with Gasteiger partial charge in [-0.25, -0.2) is 0 Å². The number of aliphatic hydroxyl groups is 1. The van der Waals surface area contributed by atoms with Crippen LogP contribution >= 0.6 is 11.6 Å². The van der Waals surface area contributed by atoms with Crippen molar-refractivity contribution in [3.63, 3.8) is 0 Å². The van der Waals surface area contributed by atoms with Crippen LogP contribution in [0.3, 0.4) is 0 Å². The highest BCUT2D eigenvalue weighted by molar-refractivity contribution is 6.30. The van der Waals surface area contributed by atoms with E-state index >= 15 is 0 Å². The molecule has 0 amide bonds. The quantitative estimate of drug-likeness (QED) is 0.755. The third-order valence-electron chi connectivity index (χ3n) is 2.81. The summed E-state index contributed by atoms with van der Waals surface area (Å²) in [6.07, 6.45) is 4.93. The highest BCUT2D eigenvalue weighted by Crippen LogP contribution is 2.31. The minimum Gasteiger partial charge on any atom is -0.384 e. The molecule has 1 N–H and O–H groups in total. The average Bonchev–Trinajstić information content (AvgIpc) is 2.67. The number of aliphatic hydroxyl groups excluding tert-OH is 1. The number of benzene rings is 1. The molecule has 0 fully saturated rings. The monoisotopic (exact) mass is 222 g/mol. The van der Waals surface area contributed by atoms with Gasteiger partial charge in [-0.3, -0.25) is 0 Å². The van der Waals surface area contributed by atoms with E-state index < -0.39 is 6.10 Å². The summed E-state index contributed by atoms with van der Waals surface area (Å²) in [6.45, 7) is 1.99. The number of aryl methyl sites for hydroxylation is 1. The Bertz CT molecular complexity index is 375. The lowest BCUT2D eigenvalue weighted by Gasteiger charge is -2.13. The van der Waals surface area contributed by atoms with Gasteiger partial charge in [0.2, 0.25) is 0 Å². The fourth-order valence-electron chi connectivity index (χ4n) is 2.08. The van der Waals surface area contributed by atoms with E-state index in [9.17, 15) is 5.11 Å². The number of hydrogen-bond acceptors (Lipinski definition) is 1. The molecule has 0 aliphatic heterocycles. The molecular formula is C13H15ClO. The standard InChI is InChI=1S/C13H15ClO/c1-9-6-11(8-12(14)7-9)13(15)10-4-2-3-5-10/h4,6-8,13,15H,2-3,5H2,1H3. The van der Waals surface area contributed by atoms with Crippen molar-refractivity contribution in [2.45, 2.75) is 32.3 Å². The Kier molecular flexibility index (Phi) is 3.13. The molecular weight excluding hydrogens is 208 g/mol. The van der Waals surface area contributed by atoms with Crippen LogP contribution in [0, 0.1) is 6.92 Å². The van der Waals surface area contributed by atoms with E-state index in [1.165, 1.54) is 0 Å². The minimum absolute atomic E-state index is 0.468. The maximum Gasteiger partial charge on any atom is 0.100 e. The summed E-state index contributed by atoms with van der Waals surface area (Å²) < 4.78 is 0. The van der Waals surface area contributed by atoms with Gasteiger partial charge in [-0.2, -0.15) is 0 Å². The van der Waals surface area contributed by atoms with E-state index in [4.69, 9.17) is 11.6 Å². The molecule has 0 spiro atoms. The molecule has 2 rings (SSSR count). The molecule has 0 saturated carbocycles. The topological polar surface area (TPSA) is 20.2 Å². The molecule has 1 nitrogen and oxygen atoms in total. The van der Waals surface area contributed by atoms with Crippen LogP contribution in [0.2, 0.25) is 5.02 Å². The Labute approximate surface area is 95.4 Å². The molecule has 2 heteroatoms. The van der Waals surface area contributed by atoms with Gasteiger partial charge in [-0.1, -0.05) is 23.7 Å². The Balaban J connectivity index is 2.28. The predicted molar refractivity (Wildman–Crippen MR) is 63.1 cm³/mol. The second-order valence-electron chi connectivity index (χ2n) is 4.14. The maximum absolute atomic E-state index is 10.1. The summed E-state index contributed by atoms with van der Waals surface area (Å²) in [6, 6.07) is 5.74. The molecule has 1 aliphatic rings. The van der Waals surface area contributed by atoms with Gasteiger partial charge < -0.3 is 5.11 Å². The van der Waals surface area contributed by atoms with E-state index in [0.717, 1.165) is 36.0 Å². The van der Waals surface area contributed by atoms with E-state index in [1.807, 2.05) is 25.1 Å². The lowest BCUT2D eigenvalue weighted by Crippen LogP contribution is -2.00. The molecule has 1 aromatic rings. The summed E-state index contributed by atoms with van der Waals surface area (Å²) in [5.74, 6) is 0. The molecule has 1 unspecified atom stereocenters. The van der Waals surface area contributed by atoms with Gasteiger partial charge in [-0.05, 0) is 55.0 Å². The smallest absolute Gasteiger partial charge is 0.100 e. The zero-order valence-corrected chi connectivity index (χ0v) is 9.59. The minimum atomic E-state index is -0.468. The van der Waals surface area contributed by atoms with Gasteiger partial charge in [0.25, 0.3) is 0 Å². The van der Waals surface area contributed by atoms with E-state index in [-0.39, 0.29) is 0 Å². The Hall–Kier alpha value is -0.790. The summed E-state index contributed by atoms with van der Waals surface area (Å²) in [4.78, 5) is 0. The Morgan fingerprint density at radius 2 is 2.13 bits per heavy atom. The largest absolute Gasteiger partial charge is 0.384 e. The number of halogens is 1. The van der Waals surface area contributed by atoms with E-state index in [0.29, 0.717) is 5.02 Å². The molecule has 0 heterocycles. The lowest BCUT2D eigenvalue weighted by molar-refractivity contribution is 0.212. The summed E-state index contributed by atoms with van der Waals surface area (Å²) in [5, 5.41) is 10.8. The van der Waals surface area contributed by atoms with Crippen molar-refractivity contribution in [1.29, 1.82) is 0 Å². The van der Waals surface area contributed by atoms with Crippen LogP contribution in [0.1, 0.15) is 36.5 Å². The third-order valence-corrected chi connectivity index (χ3v) is 3.03. The zero-order chi connectivity index (χ0) is 10.8. The maximum atomic E-state index is 10.1. The number of allylic oxidation sites excluding steroid dienone is 1. The molecule has 80 valence electrons. The van der Waals surface area contributed by atoms with Gasteiger partial charge in [-0.15, -0.1) is 0 Å². The summed E-state index contributed by atoms with van der Waals surface area (Å²) >= 11 is 5.97. The van der Waals surface area contributed by atoms with Crippen LogP contribution in [0.4, 0.5) is 0 Å². The van der Waals surface area contributed by atoms with E-state index in [1.54, 1.807) is 0 Å². The molecule has 0 aromatic heterocycles. The van der Waals surface area contributed by atoms with Crippen molar-refractivity contribution < 1.29 is 5.11 Å². The second-order valence-corrected chi connectivity index (χ2v) is 4.57. The first-order valence-corrected chi connectivity index (χ1v) is 5.69. The molecule has 0 saturated heterocycles. The van der Waals surface area contributed by atoms with Crippen LogP contribution in [-0.2, 0) is 0 Å². The van der Waals surface area contributed by atoms with Crippen molar-refractivity contribution in [2.75, 3.05) is 0 Å². The van der Waals surface area contributed by atoms with Gasteiger partial charge in [0, 0.05) is 5.02 Å². The lowest BCUT2D eigenvalue weighted by atomic mass is 10.00. The number of rotatable bonds is 2. The third kappa shape index (κ3) is 2.42. The summed E-state index contributed by atoms with van der Waals surface area (Å²) in [5.41, 5.74) is 3.14. The normalized spacial score (nSPS) is 17.7. The van der Waals surface area contributed by atoms with Crippen molar-refractivity contribution in [3.8, 4) is 0 Å². The highest BCUT2D eigenvalue weighted by atomic mass is 35.5.